The Balaban J connectivity index is 1.53. The zero-order valence-electron chi connectivity index (χ0n) is 20.0. The fraction of sp³-hybridized carbons (Fsp3) is 0.542. The van der Waals surface area contributed by atoms with Crippen molar-refractivity contribution in [2.75, 3.05) is 25.0 Å². The number of anilines is 1. The molecule has 2 aromatic rings. The predicted octanol–water partition coefficient (Wildman–Crippen LogP) is 4.34. The van der Waals surface area contributed by atoms with Crippen molar-refractivity contribution in [2.24, 2.45) is 0 Å². The number of nitrogens with one attached hydrogen (secondary N) is 2. The summed E-state index contributed by atoms with van der Waals surface area (Å²) >= 11 is 0. The fourth-order valence-electron chi connectivity index (χ4n) is 4.94. The molecule has 0 radical (unpaired) electrons. The number of hydrogen-bond acceptors (Lipinski definition) is 6. The van der Waals surface area contributed by atoms with Crippen LogP contribution in [-0.2, 0) is 11.0 Å². The van der Waals surface area contributed by atoms with Crippen LogP contribution in [0.5, 0.6) is 5.75 Å². The molecule has 12 heteroatoms. The van der Waals surface area contributed by atoms with Gasteiger partial charge < -0.3 is 20.0 Å². The second-order valence-corrected chi connectivity index (χ2v) is 10.7. The molecular weight excluding hydrogens is 495 g/mol. The number of piperidine rings is 1. The van der Waals surface area contributed by atoms with E-state index in [4.69, 9.17) is 10.4 Å². The molecule has 1 aromatic heterocycles. The van der Waals surface area contributed by atoms with Crippen LogP contribution in [0.3, 0.4) is 0 Å². The van der Waals surface area contributed by atoms with Crippen molar-refractivity contribution in [2.45, 2.75) is 68.2 Å². The molecule has 2 N–H and O–H groups in total. The summed E-state index contributed by atoms with van der Waals surface area (Å²) in [6.07, 6.45) is 3.18. The highest BCUT2D eigenvalue weighted by atomic mass is 32.2. The van der Waals surface area contributed by atoms with Gasteiger partial charge in [0.15, 0.2) is 0 Å². The first kappa shape index (κ1) is 26.3. The fourth-order valence-corrected chi connectivity index (χ4v) is 6.22. The Morgan fingerprint density at radius 3 is 2.50 bits per heavy atom. The molecule has 36 heavy (non-hydrogen) atoms. The molecule has 2 unspecified atom stereocenters. The summed E-state index contributed by atoms with van der Waals surface area (Å²) in [5.74, 6) is 0.442. The molecule has 196 valence electrons. The van der Waals surface area contributed by atoms with Crippen LogP contribution in [-0.4, -0.2) is 57.2 Å². The predicted molar refractivity (Wildman–Crippen MR) is 131 cm³/mol. The Morgan fingerprint density at radius 2 is 1.86 bits per heavy atom. The van der Waals surface area contributed by atoms with Crippen molar-refractivity contribution in [1.82, 2.24) is 14.3 Å². The summed E-state index contributed by atoms with van der Waals surface area (Å²) in [7, 11) is 0.325. The first-order valence-electron chi connectivity index (χ1n) is 12.1. The van der Waals surface area contributed by atoms with Crippen LogP contribution in [0, 0.1) is 5.41 Å². The third kappa shape index (κ3) is 6.15. The molecule has 2 heterocycles. The molecule has 1 aliphatic carbocycles. The SMILES string of the molecule is CN(c1nc(C2CCCN(S(=O)c3ccc(OC(F)(F)F)cc3)C2)[nH]c(=O)c1C=N)C1CCCCC1. The maximum Gasteiger partial charge on any atom is 0.573 e. The van der Waals surface area contributed by atoms with Gasteiger partial charge >= 0.3 is 6.36 Å². The molecule has 1 aliphatic heterocycles. The molecule has 1 saturated carbocycles. The van der Waals surface area contributed by atoms with Gasteiger partial charge in [0, 0.05) is 38.3 Å². The number of halogens is 3. The summed E-state index contributed by atoms with van der Waals surface area (Å²) < 4.78 is 56.0. The van der Waals surface area contributed by atoms with Crippen molar-refractivity contribution in [3.05, 3.63) is 46.0 Å². The van der Waals surface area contributed by atoms with Gasteiger partial charge in [-0.05, 0) is 49.9 Å². The summed E-state index contributed by atoms with van der Waals surface area (Å²) in [6.45, 7) is 0.911. The zero-order valence-corrected chi connectivity index (χ0v) is 20.8. The van der Waals surface area contributed by atoms with E-state index in [1.54, 1.807) is 4.31 Å². The van der Waals surface area contributed by atoms with E-state index in [0.717, 1.165) is 56.9 Å². The van der Waals surface area contributed by atoms with Crippen LogP contribution >= 0.6 is 0 Å². The Hall–Kier alpha value is -2.73. The second-order valence-electron chi connectivity index (χ2n) is 9.23. The van der Waals surface area contributed by atoms with Crippen LogP contribution < -0.4 is 15.2 Å². The summed E-state index contributed by atoms with van der Waals surface area (Å²) in [5.41, 5.74) is -0.143. The maximum atomic E-state index is 13.2. The highest BCUT2D eigenvalue weighted by Gasteiger charge is 2.32. The molecule has 8 nitrogen and oxygen atoms in total. The van der Waals surface area contributed by atoms with Crippen LogP contribution in [0.25, 0.3) is 0 Å². The molecule has 2 atom stereocenters. The Morgan fingerprint density at radius 1 is 1.17 bits per heavy atom. The number of benzene rings is 1. The van der Waals surface area contributed by atoms with Crippen LogP contribution in [0.1, 0.15) is 62.3 Å². The van der Waals surface area contributed by atoms with E-state index in [1.165, 1.54) is 18.6 Å². The van der Waals surface area contributed by atoms with E-state index in [2.05, 4.69) is 9.72 Å². The largest absolute Gasteiger partial charge is 0.573 e. The molecule has 1 aromatic carbocycles. The molecule has 0 amide bonds. The first-order chi connectivity index (χ1) is 17.2. The lowest BCUT2D eigenvalue weighted by atomic mass is 9.94. The normalized spacial score (nSPS) is 20.6. The molecule has 0 spiro atoms. The minimum Gasteiger partial charge on any atom is -0.406 e. The Labute approximate surface area is 210 Å². The topological polar surface area (TPSA) is 102 Å². The van der Waals surface area contributed by atoms with Gasteiger partial charge in [0.05, 0.1) is 10.5 Å². The molecule has 1 saturated heterocycles. The number of aromatic nitrogens is 2. The van der Waals surface area contributed by atoms with Gasteiger partial charge in [-0.2, -0.15) is 0 Å². The summed E-state index contributed by atoms with van der Waals surface area (Å²) in [5, 5.41) is 7.76. The Bertz CT molecular complexity index is 1150. The van der Waals surface area contributed by atoms with Gasteiger partial charge in [-0.1, -0.05) is 19.3 Å². The van der Waals surface area contributed by atoms with E-state index in [9.17, 15) is 22.2 Å². The lowest BCUT2D eigenvalue weighted by molar-refractivity contribution is -0.274. The number of alkyl halides is 3. The lowest BCUT2D eigenvalue weighted by Gasteiger charge is -2.34. The second kappa shape index (κ2) is 11.1. The highest BCUT2D eigenvalue weighted by Crippen LogP contribution is 2.31. The van der Waals surface area contributed by atoms with E-state index >= 15 is 0 Å². The quantitative estimate of drug-likeness (QED) is 0.524. The average Bonchev–Trinajstić information content (AvgIpc) is 2.87. The third-order valence-corrected chi connectivity index (χ3v) is 8.29. The van der Waals surface area contributed by atoms with Gasteiger partial charge in [0.25, 0.3) is 5.56 Å². The van der Waals surface area contributed by atoms with E-state index in [1.807, 2.05) is 11.9 Å². The van der Waals surface area contributed by atoms with Crippen LogP contribution in [0.15, 0.2) is 34.0 Å². The maximum absolute atomic E-state index is 13.2. The van der Waals surface area contributed by atoms with Crippen LogP contribution in [0.2, 0.25) is 0 Å². The van der Waals surface area contributed by atoms with E-state index in [-0.39, 0.29) is 28.8 Å². The minimum absolute atomic E-state index is 0.179. The summed E-state index contributed by atoms with van der Waals surface area (Å²) in [6, 6.07) is 5.27. The van der Waals surface area contributed by atoms with Gasteiger partial charge in [0.2, 0.25) is 0 Å². The number of H-pyrrole nitrogens is 1. The standard InChI is InChI=1S/C24H30F3N5O3S/c1-31(17-7-3-2-4-8-17)22-20(14-28)23(33)30-21(29-22)16-6-5-13-32(15-16)36(34)19-11-9-18(10-12-19)35-24(25,26)27/h9-12,14,16-17,28H,2-8,13,15H2,1H3,(H,29,30,33). The van der Waals surface area contributed by atoms with Crippen molar-refractivity contribution >= 4 is 23.0 Å². The van der Waals surface area contributed by atoms with E-state index in [0.29, 0.717) is 29.6 Å². The van der Waals surface area contributed by atoms with Crippen molar-refractivity contribution in [3.63, 3.8) is 0 Å². The lowest BCUT2D eigenvalue weighted by Crippen LogP contribution is -2.39. The zero-order chi connectivity index (χ0) is 25.9. The van der Waals surface area contributed by atoms with Crippen molar-refractivity contribution in [1.29, 1.82) is 5.41 Å². The number of hydrogen-bond donors (Lipinski definition) is 2. The molecular formula is C24H30F3N5O3S. The number of nitrogens with zero attached hydrogens (tertiary/aromatic N) is 3. The molecule has 0 bridgehead atoms. The number of rotatable bonds is 7. The average molecular weight is 526 g/mol. The van der Waals surface area contributed by atoms with E-state index < -0.39 is 17.3 Å². The number of ether oxygens (including phenoxy) is 1. The molecule has 4 rings (SSSR count). The third-order valence-electron chi connectivity index (χ3n) is 6.82. The van der Waals surface area contributed by atoms with Crippen molar-refractivity contribution in [3.8, 4) is 5.75 Å². The van der Waals surface area contributed by atoms with Gasteiger partial charge in [0.1, 0.15) is 28.4 Å². The first-order valence-corrected chi connectivity index (χ1v) is 13.2. The monoisotopic (exact) mass is 525 g/mol. The smallest absolute Gasteiger partial charge is 0.406 e. The molecule has 2 aliphatic rings. The summed E-state index contributed by atoms with van der Waals surface area (Å²) in [4.78, 5) is 22.8. The van der Waals surface area contributed by atoms with Crippen molar-refractivity contribution < 1.29 is 22.1 Å². The van der Waals surface area contributed by atoms with Gasteiger partial charge in [-0.25, -0.2) is 13.5 Å². The van der Waals surface area contributed by atoms with Gasteiger partial charge in [-0.3, -0.25) is 4.79 Å². The number of aromatic amines is 1. The highest BCUT2D eigenvalue weighted by molar-refractivity contribution is 7.82. The minimum atomic E-state index is -4.79. The van der Waals surface area contributed by atoms with Gasteiger partial charge in [-0.15, -0.1) is 13.2 Å². The Kier molecular flexibility index (Phi) is 8.13. The van der Waals surface area contributed by atoms with Crippen LogP contribution in [0.4, 0.5) is 19.0 Å². The molecule has 2 fully saturated rings.